The monoisotopic (exact) mass is 186 g/mol. The van der Waals surface area contributed by atoms with E-state index in [1.165, 1.54) is 5.71 Å². The minimum atomic E-state index is 0.437. The second kappa shape index (κ2) is 3.19. The molecular weight excluding hydrogens is 172 g/mol. The Bertz CT molecular complexity index is 361. The summed E-state index contributed by atoms with van der Waals surface area (Å²) < 4.78 is 0. The Balaban J connectivity index is 2.02. The summed E-state index contributed by atoms with van der Waals surface area (Å²) in [5, 5.41) is 0. The van der Waals surface area contributed by atoms with Gasteiger partial charge in [0.2, 0.25) is 0 Å². The molecule has 0 aromatic heterocycles. The highest BCUT2D eigenvalue weighted by Gasteiger charge is 2.30. The van der Waals surface area contributed by atoms with Crippen LogP contribution in [0.25, 0.3) is 0 Å². The summed E-state index contributed by atoms with van der Waals surface area (Å²) in [7, 11) is 0. The van der Waals surface area contributed by atoms with Crippen molar-refractivity contribution in [2.45, 2.75) is 12.8 Å². The first-order valence-corrected chi connectivity index (χ1v) is 5.35. The Hall–Kier alpha value is -1.18. The van der Waals surface area contributed by atoms with Crippen molar-refractivity contribution < 1.29 is 0 Å². The van der Waals surface area contributed by atoms with E-state index in [1.54, 1.807) is 5.57 Å². The van der Waals surface area contributed by atoms with E-state index < -0.39 is 0 Å². The van der Waals surface area contributed by atoms with Crippen molar-refractivity contribution in [1.29, 1.82) is 0 Å². The van der Waals surface area contributed by atoms with Crippen LogP contribution in [0.15, 0.2) is 33.8 Å². The van der Waals surface area contributed by atoms with E-state index in [9.17, 15) is 0 Å². The van der Waals surface area contributed by atoms with Gasteiger partial charge in [-0.15, -0.1) is 0 Å². The second-order valence-corrected chi connectivity index (χ2v) is 4.14. The molecule has 0 spiro atoms. The molecule has 2 atom stereocenters. The first kappa shape index (κ1) is 8.16. The van der Waals surface area contributed by atoms with Crippen LogP contribution in [0, 0.1) is 11.8 Å². The van der Waals surface area contributed by atoms with Crippen LogP contribution in [0.5, 0.6) is 0 Å². The average Bonchev–Trinajstić information content (AvgIpc) is 2.29. The maximum absolute atomic E-state index is 4.69. The molecule has 0 saturated heterocycles. The molecule has 2 unspecified atom stereocenters. The predicted octanol–water partition coefficient (Wildman–Crippen LogP) is 2.03. The van der Waals surface area contributed by atoms with Crippen LogP contribution >= 0.6 is 0 Å². The smallest absolute Gasteiger partial charge is 0.0535 e. The molecule has 0 saturated carbocycles. The van der Waals surface area contributed by atoms with Gasteiger partial charge in [0.05, 0.1) is 5.92 Å². The number of allylic oxidation sites excluding steroid dienone is 3. The van der Waals surface area contributed by atoms with Gasteiger partial charge in [0.1, 0.15) is 0 Å². The fourth-order valence-electron chi connectivity index (χ4n) is 2.52. The van der Waals surface area contributed by atoms with Gasteiger partial charge in [-0.1, -0.05) is 23.8 Å². The Kier molecular flexibility index (Phi) is 1.86. The zero-order valence-electron chi connectivity index (χ0n) is 8.19. The highest BCUT2D eigenvalue weighted by molar-refractivity contribution is 6.03. The first-order valence-electron chi connectivity index (χ1n) is 5.35. The van der Waals surface area contributed by atoms with Crippen molar-refractivity contribution in [1.82, 2.24) is 0 Å². The minimum absolute atomic E-state index is 0.437. The molecule has 2 heterocycles. The average molecular weight is 186 g/mol. The number of fused-ring (bicyclic) bond motifs is 3. The standard InChI is InChI=1S/C12H14N2/c1-2-4-10-9(3-1)7-14-12-5-6-13-8-11(10)12/h1-2,4,8-9,11H,3,5-7H2. The third kappa shape index (κ3) is 1.17. The maximum atomic E-state index is 4.69. The van der Waals surface area contributed by atoms with Gasteiger partial charge in [0.25, 0.3) is 0 Å². The third-order valence-electron chi connectivity index (χ3n) is 3.30. The number of aliphatic imine (C=N–C) groups is 2. The third-order valence-corrected chi connectivity index (χ3v) is 3.30. The Morgan fingerprint density at radius 1 is 1.36 bits per heavy atom. The van der Waals surface area contributed by atoms with Gasteiger partial charge in [-0.3, -0.25) is 9.98 Å². The van der Waals surface area contributed by atoms with Crippen molar-refractivity contribution in [3.8, 4) is 0 Å². The van der Waals surface area contributed by atoms with Crippen LogP contribution in [0.1, 0.15) is 12.8 Å². The molecule has 2 heteroatoms. The van der Waals surface area contributed by atoms with Crippen LogP contribution in [0.4, 0.5) is 0 Å². The molecule has 3 aliphatic rings. The molecule has 0 aromatic carbocycles. The lowest BCUT2D eigenvalue weighted by atomic mass is 9.77. The quantitative estimate of drug-likeness (QED) is 0.553. The number of nitrogens with zero attached hydrogens (tertiary/aromatic N) is 2. The van der Waals surface area contributed by atoms with Crippen LogP contribution in [0.3, 0.4) is 0 Å². The van der Waals surface area contributed by atoms with E-state index in [2.05, 4.69) is 34.4 Å². The Morgan fingerprint density at radius 3 is 3.36 bits per heavy atom. The van der Waals surface area contributed by atoms with Gasteiger partial charge < -0.3 is 0 Å². The SMILES string of the molecule is C1=CCC2CN=C3CCN=CC3C2=C1. The molecule has 0 N–H and O–H groups in total. The first-order chi connectivity index (χ1) is 6.95. The molecule has 2 aliphatic heterocycles. The highest BCUT2D eigenvalue weighted by Crippen LogP contribution is 2.33. The van der Waals surface area contributed by atoms with Crippen LogP contribution in [-0.2, 0) is 0 Å². The molecule has 14 heavy (non-hydrogen) atoms. The highest BCUT2D eigenvalue weighted by atomic mass is 14.8. The number of rotatable bonds is 0. The lowest BCUT2D eigenvalue weighted by Crippen LogP contribution is -2.33. The van der Waals surface area contributed by atoms with E-state index in [0.717, 1.165) is 25.9 Å². The fraction of sp³-hybridized carbons (Fsp3) is 0.500. The van der Waals surface area contributed by atoms with E-state index in [4.69, 9.17) is 0 Å². The molecule has 1 aliphatic carbocycles. The van der Waals surface area contributed by atoms with Crippen molar-refractivity contribution in [2.24, 2.45) is 21.8 Å². The summed E-state index contributed by atoms with van der Waals surface area (Å²) in [6.07, 6.45) is 11.0. The maximum Gasteiger partial charge on any atom is 0.0535 e. The van der Waals surface area contributed by atoms with Gasteiger partial charge in [0.15, 0.2) is 0 Å². The van der Waals surface area contributed by atoms with Crippen LogP contribution in [-0.4, -0.2) is 25.0 Å². The zero-order chi connectivity index (χ0) is 9.38. The Morgan fingerprint density at radius 2 is 2.36 bits per heavy atom. The second-order valence-electron chi connectivity index (χ2n) is 4.14. The van der Waals surface area contributed by atoms with Crippen molar-refractivity contribution in [3.05, 3.63) is 23.8 Å². The summed E-state index contributed by atoms with van der Waals surface area (Å²) in [6.45, 7) is 1.93. The summed E-state index contributed by atoms with van der Waals surface area (Å²) in [4.78, 5) is 9.07. The van der Waals surface area contributed by atoms with Crippen molar-refractivity contribution >= 4 is 11.9 Å². The molecule has 0 aromatic rings. The number of hydrogen-bond donors (Lipinski definition) is 0. The predicted molar refractivity (Wildman–Crippen MR) is 59.1 cm³/mol. The van der Waals surface area contributed by atoms with E-state index in [-0.39, 0.29) is 0 Å². The summed E-state index contributed by atoms with van der Waals surface area (Å²) in [6, 6.07) is 0. The summed E-state index contributed by atoms with van der Waals surface area (Å²) in [5.74, 6) is 1.09. The lowest BCUT2D eigenvalue weighted by Gasteiger charge is -2.32. The molecule has 2 nitrogen and oxygen atoms in total. The van der Waals surface area contributed by atoms with Crippen molar-refractivity contribution in [3.63, 3.8) is 0 Å². The summed E-state index contributed by atoms with van der Waals surface area (Å²) >= 11 is 0. The summed E-state index contributed by atoms with van der Waals surface area (Å²) in [5.41, 5.74) is 2.90. The van der Waals surface area contributed by atoms with Gasteiger partial charge >= 0.3 is 0 Å². The van der Waals surface area contributed by atoms with Crippen molar-refractivity contribution in [2.75, 3.05) is 13.1 Å². The van der Waals surface area contributed by atoms with E-state index in [1.807, 2.05) is 0 Å². The molecule has 3 rings (SSSR count). The molecular formula is C12H14N2. The zero-order valence-corrected chi connectivity index (χ0v) is 8.19. The van der Waals surface area contributed by atoms with Gasteiger partial charge in [-0.25, -0.2) is 0 Å². The number of hydrogen-bond acceptors (Lipinski definition) is 2. The molecule has 0 amide bonds. The molecule has 0 fully saturated rings. The van der Waals surface area contributed by atoms with E-state index >= 15 is 0 Å². The topological polar surface area (TPSA) is 24.7 Å². The van der Waals surface area contributed by atoms with Gasteiger partial charge in [0, 0.05) is 37.4 Å². The normalized spacial score (nSPS) is 34.3. The fourth-order valence-corrected chi connectivity index (χ4v) is 2.52. The largest absolute Gasteiger partial charge is 0.296 e. The van der Waals surface area contributed by atoms with Gasteiger partial charge in [-0.2, -0.15) is 0 Å². The molecule has 0 bridgehead atoms. The van der Waals surface area contributed by atoms with Gasteiger partial charge in [-0.05, 0) is 6.42 Å². The molecule has 72 valence electrons. The Labute approximate surface area is 84.1 Å². The van der Waals surface area contributed by atoms with Crippen LogP contribution in [0.2, 0.25) is 0 Å². The minimum Gasteiger partial charge on any atom is -0.296 e. The van der Waals surface area contributed by atoms with Crippen LogP contribution < -0.4 is 0 Å². The van der Waals surface area contributed by atoms with E-state index in [0.29, 0.717) is 11.8 Å². The lowest BCUT2D eigenvalue weighted by molar-refractivity contribution is 0.577. The molecule has 0 radical (unpaired) electrons.